The van der Waals surface area contributed by atoms with Gasteiger partial charge in [0.15, 0.2) is 0 Å². The minimum atomic E-state index is 0.444. The van der Waals surface area contributed by atoms with E-state index >= 15 is 0 Å². The van der Waals surface area contributed by atoms with Crippen molar-refractivity contribution in [1.29, 1.82) is 0 Å². The van der Waals surface area contributed by atoms with Gasteiger partial charge in [0.1, 0.15) is 5.82 Å². The van der Waals surface area contributed by atoms with Crippen LogP contribution in [-0.2, 0) is 0 Å². The highest BCUT2D eigenvalue weighted by Gasteiger charge is 2.09. The number of nitrogens with one attached hydrogen (secondary N) is 2. The van der Waals surface area contributed by atoms with Gasteiger partial charge in [-0.15, -0.1) is 0 Å². The molecule has 2 rings (SSSR count). The molecule has 0 aliphatic rings. The van der Waals surface area contributed by atoms with E-state index in [1.54, 1.807) is 0 Å². The van der Waals surface area contributed by atoms with E-state index in [4.69, 9.17) is 0 Å². The molecule has 1 aromatic heterocycles. The average molecular weight is 312 g/mol. The van der Waals surface area contributed by atoms with Gasteiger partial charge in [0, 0.05) is 23.5 Å². The lowest BCUT2D eigenvalue weighted by Gasteiger charge is -2.17. The molecule has 0 saturated heterocycles. The van der Waals surface area contributed by atoms with Crippen LogP contribution in [-0.4, -0.2) is 16.0 Å². The molecule has 1 aromatic carbocycles. The van der Waals surface area contributed by atoms with Crippen molar-refractivity contribution < 1.29 is 0 Å². The van der Waals surface area contributed by atoms with E-state index < -0.39 is 0 Å². The second-order valence-corrected chi connectivity index (χ2v) is 6.27. The van der Waals surface area contributed by atoms with Crippen molar-refractivity contribution in [3.8, 4) is 0 Å². The summed E-state index contributed by atoms with van der Waals surface area (Å²) in [5.41, 5.74) is 5.74. The van der Waals surface area contributed by atoms with Gasteiger partial charge in [0.25, 0.3) is 0 Å². The number of anilines is 3. The number of rotatable bonds is 6. The number of aromatic nitrogens is 2. The van der Waals surface area contributed by atoms with Crippen molar-refractivity contribution in [3.05, 3.63) is 40.6 Å². The van der Waals surface area contributed by atoms with Crippen LogP contribution in [0.15, 0.2) is 18.2 Å². The van der Waals surface area contributed by atoms with E-state index in [0.29, 0.717) is 12.0 Å². The average Bonchev–Trinajstić information content (AvgIpc) is 2.48. The first-order valence-electron chi connectivity index (χ1n) is 8.40. The maximum Gasteiger partial charge on any atom is 0.229 e. The van der Waals surface area contributed by atoms with Crippen molar-refractivity contribution in [1.82, 2.24) is 9.97 Å². The zero-order valence-corrected chi connectivity index (χ0v) is 15.1. The molecule has 0 unspecified atom stereocenters. The lowest BCUT2D eigenvalue weighted by molar-refractivity contribution is 0.668. The van der Waals surface area contributed by atoms with Gasteiger partial charge in [0.05, 0.1) is 0 Å². The standard InChI is InChI=1S/C19H28N4/c1-7-16(8-2)21-17-11-15(6)20-19(22-17)23-18-13(4)9-12(3)10-14(18)5/h9-11,16H,7-8H2,1-6H3,(H2,20,21,22,23). The highest BCUT2D eigenvalue weighted by Crippen LogP contribution is 2.25. The molecule has 0 amide bonds. The Kier molecular flexibility index (Phi) is 5.59. The Hall–Kier alpha value is -2.10. The molecule has 0 spiro atoms. The summed E-state index contributed by atoms with van der Waals surface area (Å²) in [6, 6.07) is 6.79. The Morgan fingerprint density at radius 3 is 2.09 bits per heavy atom. The van der Waals surface area contributed by atoms with E-state index in [9.17, 15) is 0 Å². The quantitative estimate of drug-likeness (QED) is 0.783. The SMILES string of the molecule is CCC(CC)Nc1cc(C)nc(Nc2c(C)cc(C)cc2C)n1. The van der Waals surface area contributed by atoms with E-state index in [1.165, 1.54) is 16.7 Å². The highest BCUT2D eigenvalue weighted by molar-refractivity contribution is 5.64. The summed E-state index contributed by atoms with van der Waals surface area (Å²) >= 11 is 0. The Bertz CT molecular complexity index is 652. The maximum absolute atomic E-state index is 4.64. The molecule has 23 heavy (non-hydrogen) atoms. The van der Waals surface area contributed by atoms with E-state index in [1.807, 2.05) is 13.0 Å². The molecule has 0 atom stereocenters. The van der Waals surface area contributed by atoms with Crippen molar-refractivity contribution in [2.75, 3.05) is 10.6 Å². The highest BCUT2D eigenvalue weighted by atomic mass is 15.1. The molecule has 4 nitrogen and oxygen atoms in total. The van der Waals surface area contributed by atoms with Crippen LogP contribution in [0.3, 0.4) is 0 Å². The molecule has 124 valence electrons. The van der Waals surface area contributed by atoms with Crippen LogP contribution in [0.4, 0.5) is 17.5 Å². The number of nitrogens with zero attached hydrogens (tertiary/aromatic N) is 2. The number of hydrogen-bond donors (Lipinski definition) is 2. The summed E-state index contributed by atoms with van der Waals surface area (Å²) < 4.78 is 0. The summed E-state index contributed by atoms with van der Waals surface area (Å²) in [4.78, 5) is 9.17. The molecule has 0 aliphatic heterocycles. The van der Waals surface area contributed by atoms with Crippen LogP contribution in [0, 0.1) is 27.7 Å². The largest absolute Gasteiger partial charge is 0.367 e. The van der Waals surface area contributed by atoms with Crippen molar-refractivity contribution >= 4 is 17.5 Å². The Labute approximate surface area is 139 Å². The van der Waals surface area contributed by atoms with E-state index in [2.05, 4.69) is 67.4 Å². The third-order valence-electron chi connectivity index (χ3n) is 4.11. The number of hydrogen-bond acceptors (Lipinski definition) is 4. The smallest absolute Gasteiger partial charge is 0.229 e. The first-order chi connectivity index (χ1) is 10.9. The predicted molar refractivity (Wildman–Crippen MR) is 98.7 cm³/mol. The number of aryl methyl sites for hydroxylation is 4. The molecule has 4 heteroatoms. The van der Waals surface area contributed by atoms with Crippen LogP contribution in [0.2, 0.25) is 0 Å². The fourth-order valence-corrected chi connectivity index (χ4v) is 2.89. The molecule has 1 heterocycles. The van der Waals surface area contributed by atoms with Crippen LogP contribution >= 0.6 is 0 Å². The van der Waals surface area contributed by atoms with Gasteiger partial charge >= 0.3 is 0 Å². The second kappa shape index (κ2) is 7.44. The zero-order valence-electron chi connectivity index (χ0n) is 15.1. The molecule has 2 N–H and O–H groups in total. The van der Waals surface area contributed by atoms with Gasteiger partial charge in [-0.3, -0.25) is 0 Å². The van der Waals surface area contributed by atoms with Crippen LogP contribution in [0.1, 0.15) is 49.1 Å². The predicted octanol–water partition coefficient (Wildman–Crippen LogP) is 5.05. The minimum absolute atomic E-state index is 0.444. The van der Waals surface area contributed by atoms with E-state index in [0.717, 1.165) is 30.0 Å². The monoisotopic (exact) mass is 312 g/mol. The fraction of sp³-hybridized carbons (Fsp3) is 0.474. The maximum atomic E-state index is 4.64. The van der Waals surface area contributed by atoms with Gasteiger partial charge in [-0.05, 0) is 51.7 Å². The van der Waals surface area contributed by atoms with Gasteiger partial charge in [-0.25, -0.2) is 4.98 Å². The first-order valence-corrected chi connectivity index (χ1v) is 8.40. The first kappa shape index (κ1) is 17.3. The third kappa shape index (κ3) is 4.44. The molecule has 0 bridgehead atoms. The summed E-state index contributed by atoms with van der Waals surface area (Å²) in [7, 11) is 0. The molecule has 0 saturated carbocycles. The van der Waals surface area contributed by atoms with Gasteiger partial charge < -0.3 is 10.6 Å². The van der Waals surface area contributed by atoms with Crippen LogP contribution in [0.5, 0.6) is 0 Å². The normalized spacial score (nSPS) is 10.9. The summed E-state index contributed by atoms with van der Waals surface area (Å²) in [5.74, 6) is 1.53. The number of benzene rings is 1. The summed E-state index contributed by atoms with van der Waals surface area (Å²) in [6.07, 6.45) is 2.16. The summed E-state index contributed by atoms with van der Waals surface area (Å²) in [5, 5.41) is 6.89. The lowest BCUT2D eigenvalue weighted by Crippen LogP contribution is -2.18. The fourth-order valence-electron chi connectivity index (χ4n) is 2.89. The van der Waals surface area contributed by atoms with Crippen molar-refractivity contribution in [2.45, 2.75) is 60.4 Å². The zero-order chi connectivity index (χ0) is 17.0. The van der Waals surface area contributed by atoms with Gasteiger partial charge in [0.2, 0.25) is 5.95 Å². The third-order valence-corrected chi connectivity index (χ3v) is 4.11. The summed E-state index contributed by atoms with van der Waals surface area (Å²) in [6.45, 7) is 12.7. The second-order valence-electron chi connectivity index (χ2n) is 6.27. The Balaban J connectivity index is 2.29. The van der Waals surface area contributed by atoms with Crippen molar-refractivity contribution in [2.24, 2.45) is 0 Å². The molecular weight excluding hydrogens is 284 g/mol. The molecule has 0 aliphatic carbocycles. The topological polar surface area (TPSA) is 49.8 Å². The van der Waals surface area contributed by atoms with Crippen LogP contribution < -0.4 is 10.6 Å². The molecule has 0 fully saturated rings. The molecule has 0 radical (unpaired) electrons. The Morgan fingerprint density at radius 2 is 1.52 bits per heavy atom. The van der Waals surface area contributed by atoms with Crippen LogP contribution in [0.25, 0.3) is 0 Å². The minimum Gasteiger partial charge on any atom is -0.367 e. The Morgan fingerprint density at radius 1 is 0.913 bits per heavy atom. The molecular formula is C19H28N4. The lowest BCUT2D eigenvalue weighted by atomic mass is 10.1. The van der Waals surface area contributed by atoms with Gasteiger partial charge in [-0.2, -0.15) is 4.98 Å². The van der Waals surface area contributed by atoms with Gasteiger partial charge in [-0.1, -0.05) is 31.5 Å². The molecule has 2 aromatic rings. The van der Waals surface area contributed by atoms with E-state index in [-0.39, 0.29) is 0 Å². The van der Waals surface area contributed by atoms with Crippen molar-refractivity contribution in [3.63, 3.8) is 0 Å².